The third-order valence-electron chi connectivity index (χ3n) is 4.18. The zero-order valence-corrected chi connectivity index (χ0v) is 13.1. The van der Waals surface area contributed by atoms with Gasteiger partial charge < -0.3 is 15.0 Å². The minimum absolute atomic E-state index is 0.346. The van der Waals surface area contributed by atoms with E-state index in [0.717, 1.165) is 24.2 Å². The third-order valence-corrected chi connectivity index (χ3v) is 4.18. The molecule has 22 heavy (non-hydrogen) atoms. The highest BCUT2D eigenvalue weighted by Gasteiger charge is 2.19. The minimum Gasteiger partial charge on any atom is -0.496 e. The lowest BCUT2D eigenvalue weighted by Gasteiger charge is -2.18. The molecule has 0 aliphatic carbocycles. The molecule has 0 aliphatic rings. The van der Waals surface area contributed by atoms with E-state index in [1.54, 1.807) is 7.11 Å². The summed E-state index contributed by atoms with van der Waals surface area (Å²) in [5, 5.41) is 4.45. The first kappa shape index (κ1) is 14.7. The van der Waals surface area contributed by atoms with Gasteiger partial charge in [-0.1, -0.05) is 36.4 Å². The number of aromatic amines is 1. The molecule has 1 aromatic heterocycles. The van der Waals surface area contributed by atoms with E-state index in [2.05, 4.69) is 52.9 Å². The van der Waals surface area contributed by atoms with Crippen molar-refractivity contribution < 1.29 is 4.74 Å². The van der Waals surface area contributed by atoms with Crippen molar-refractivity contribution in [1.29, 1.82) is 0 Å². The molecule has 1 heterocycles. The largest absolute Gasteiger partial charge is 0.496 e. The topological polar surface area (TPSA) is 37.0 Å². The van der Waals surface area contributed by atoms with Gasteiger partial charge in [0.15, 0.2) is 0 Å². The Morgan fingerprint density at radius 3 is 2.64 bits per heavy atom. The number of aromatic nitrogens is 1. The monoisotopic (exact) mass is 294 g/mol. The molecular formula is C19H22N2O. The van der Waals surface area contributed by atoms with Gasteiger partial charge in [-0.3, -0.25) is 0 Å². The molecule has 114 valence electrons. The molecule has 1 atom stereocenters. The standard InChI is InChI=1S/C19H22N2O/c1-20-12-11-15(14-7-4-3-5-8-14)16-13-21-17-9-6-10-18(22-2)19(16)17/h3-10,13,15,20-21H,11-12H2,1-2H3. The van der Waals surface area contributed by atoms with Crippen molar-refractivity contribution in [3.05, 3.63) is 65.9 Å². The summed E-state index contributed by atoms with van der Waals surface area (Å²) >= 11 is 0. The van der Waals surface area contributed by atoms with Crippen LogP contribution in [0.25, 0.3) is 10.9 Å². The van der Waals surface area contributed by atoms with E-state index in [1.165, 1.54) is 16.5 Å². The van der Waals surface area contributed by atoms with Crippen LogP contribution in [0, 0.1) is 0 Å². The first-order valence-corrected chi connectivity index (χ1v) is 7.68. The molecule has 0 bridgehead atoms. The molecule has 0 saturated carbocycles. The molecule has 2 N–H and O–H groups in total. The average molecular weight is 294 g/mol. The van der Waals surface area contributed by atoms with E-state index in [1.807, 2.05) is 19.2 Å². The molecule has 3 heteroatoms. The quantitative estimate of drug-likeness (QED) is 0.723. The summed E-state index contributed by atoms with van der Waals surface area (Å²) in [6.45, 7) is 0.974. The molecule has 0 aliphatic heterocycles. The lowest BCUT2D eigenvalue weighted by Crippen LogP contribution is -2.13. The van der Waals surface area contributed by atoms with E-state index in [-0.39, 0.29) is 0 Å². The molecule has 0 spiro atoms. The van der Waals surface area contributed by atoms with E-state index in [0.29, 0.717) is 5.92 Å². The highest BCUT2D eigenvalue weighted by molar-refractivity contribution is 5.90. The van der Waals surface area contributed by atoms with Crippen molar-refractivity contribution in [3.63, 3.8) is 0 Å². The maximum Gasteiger partial charge on any atom is 0.128 e. The Morgan fingerprint density at radius 1 is 1.09 bits per heavy atom. The molecular weight excluding hydrogens is 272 g/mol. The number of fused-ring (bicyclic) bond motifs is 1. The van der Waals surface area contributed by atoms with E-state index in [9.17, 15) is 0 Å². The number of ether oxygens (including phenoxy) is 1. The molecule has 0 radical (unpaired) electrons. The Bertz CT molecular complexity index is 734. The zero-order chi connectivity index (χ0) is 15.4. The average Bonchev–Trinajstić information content (AvgIpc) is 3.00. The Labute approximate surface area is 131 Å². The number of H-pyrrole nitrogens is 1. The predicted molar refractivity (Wildman–Crippen MR) is 91.7 cm³/mol. The minimum atomic E-state index is 0.346. The molecule has 1 unspecified atom stereocenters. The first-order chi connectivity index (χ1) is 10.8. The van der Waals surface area contributed by atoms with Gasteiger partial charge in [-0.15, -0.1) is 0 Å². The van der Waals surface area contributed by atoms with Crippen molar-refractivity contribution in [2.24, 2.45) is 0 Å². The molecule has 0 saturated heterocycles. The van der Waals surface area contributed by atoms with Gasteiger partial charge in [-0.2, -0.15) is 0 Å². The second kappa shape index (κ2) is 6.67. The Kier molecular flexibility index (Phi) is 4.45. The summed E-state index contributed by atoms with van der Waals surface area (Å²) in [6, 6.07) is 16.8. The molecule has 0 fully saturated rings. The highest BCUT2D eigenvalue weighted by Crippen LogP contribution is 2.37. The van der Waals surface area contributed by atoms with E-state index >= 15 is 0 Å². The fourth-order valence-corrected chi connectivity index (χ4v) is 3.10. The van der Waals surface area contributed by atoms with Gasteiger partial charge >= 0.3 is 0 Å². The van der Waals surface area contributed by atoms with Crippen molar-refractivity contribution in [2.45, 2.75) is 12.3 Å². The lowest BCUT2D eigenvalue weighted by molar-refractivity contribution is 0.419. The van der Waals surface area contributed by atoms with Crippen molar-refractivity contribution in [3.8, 4) is 5.75 Å². The van der Waals surface area contributed by atoms with Crippen LogP contribution < -0.4 is 10.1 Å². The Balaban J connectivity index is 2.12. The Hall–Kier alpha value is -2.26. The van der Waals surface area contributed by atoms with Gasteiger partial charge in [0.1, 0.15) is 5.75 Å². The van der Waals surface area contributed by atoms with Crippen LogP contribution in [0.5, 0.6) is 5.75 Å². The van der Waals surface area contributed by atoms with Gasteiger partial charge in [-0.05, 0) is 43.3 Å². The number of hydrogen-bond donors (Lipinski definition) is 2. The number of methoxy groups -OCH3 is 1. The summed E-state index contributed by atoms with van der Waals surface area (Å²) in [5.41, 5.74) is 3.76. The molecule has 3 rings (SSSR count). The predicted octanol–water partition coefficient (Wildman–Crippen LogP) is 3.92. The summed E-state index contributed by atoms with van der Waals surface area (Å²) in [6.07, 6.45) is 3.17. The highest BCUT2D eigenvalue weighted by atomic mass is 16.5. The number of nitrogens with one attached hydrogen (secondary N) is 2. The number of rotatable bonds is 6. The van der Waals surface area contributed by atoms with E-state index in [4.69, 9.17) is 4.74 Å². The van der Waals surface area contributed by atoms with Crippen molar-refractivity contribution in [2.75, 3.05) is 20.7 Å². The van der Waals surface area contributed by atoms with Crippen LogP contribution in [-0.2, 0) is 0 Å². The number of benzene rings is 2. The molecule has 3 nitrogen and oxygen atoms in total. The van der Waals surface area contributed by atoms with E-state index < -0.39 is 0 Å². The van der Waals surface area contributed by atoms with Crippen LogP contribution in [-0.4, -0.2) is 25.7 Å². The normalized spacial score (nSPS) is 12.5. The molecule has 2 aromatic carbocycles. The van der Waals surface area contributed by atoms with Crippen molar-refractivity contribution >= 4 is 10.9 Å². The fourth-order valence-electron chi connectivity index (χ4n) is 3.10. The molecule has 0 amide bonds. The van der Waals surface area contributed by atoms with Crippen LogP contribution in [0.1, 0.15) is 23.5 Å². The van der Waals surface area contributed by atoms with Crippen LogP contribution in [0.15, 0.2) is 54.7 Å². The zero-order valence-electron chi connectivity index (χ0n) is 13.1. The third kappa shape index (κ3) is 2.72. The second-order valence-corrected chi connectivity index (χ2v) is 5.48. The van der Waals surface area contributed by atoms with Crippen LogP contribution >= 0.6 is 0 Å². The Morgan fingerprint density at radius 2 is 1.91 bits per heavy atom. The lowest BCUT2D eigenvalue weighted by atomic mass is 9.88. The summed E-state index contributed by atoms with van der Waals surface area (Å²) in [7, 11) is 3.73. The van der Waals surface area contributed by atoms with Gasteiger partial charge in [0.05, 0.1) is 7.11 Å². The number of hydrogen-bond acceptors (Lipinski definition) is 2. The summed E-state index contributed by atoms with van der Waals surface area (Å²) in [5.74, 6) is 1.28. The van der Waals surface area contributed by atoms with Gasteiger partial charge in [0.25, 0.3) is 0 Å². The maximum atomic E-state index is 5.58. The summed E-state index contributed by atoms with van der Waals surface area (Å²) in [4.78, 5) is 3.39. The van der Waals surface area contributed by atoms with Gasteiger partial charge in [-0.25, -0.2) is 0 Å². The van der Waals surface area contributed by atoms with Gasteiger partial charge in [0.2, 0.25) is 0 Å². The van der Waals surface area contributed by atoms with Crippen LogP contribution in [0.2, 0.25) is 0 Å². The van der Waals surface area contributed by atoms with Crippen LogP contribution in [0.3, 0.4) is 0 Å². The molecule has 3 aromatic rings. The second-order valence-electron chi connectivity index (χ2n) is 5.48. The smallest absolute Gasteiger partial charge is 0.128 e. The maximum absolute atomic E-state index is 5.58. The summed E-state index contributed by atoms with van der Waals surface area (Å²) < 4.78 is 5.58. The van der Waals surface area contributed by atoms with Crippen LogP contribution in [0.4, 0.5) is 0 Å². The van der Waals surface area contributed by atoms with Crippen molar-refractivity contribution in [1.82, 2.24) is 10.3 Å². The fraction of sp³-hybridized carbons (Fsp3) is 0.263. The van der Waals surface area contributed by atoms with Gasteiger partial charge in [0, 0.05) is 23.0 Å². The first-order valence-electron chi connectivity index (χ1n) is 7.68. The SMILES string of the molecule is CNCCC(c1ccccc1)c1c[nH]c2cccc(OC)c12.